The van der Waals surface area contributed by atoms with Crippen LogP contribution in [0.25, 0.3) is 22.9 Å². The molecule has 4 heteroatoms. The molecule has 3 aromatic rings. The highest BCUT2D eigenvalue weighted by atomic mass is 16.1. The molecule has 1 aliphatic heterocycles. The molecule has 1 amide bonds. The van der Waals surface area contributed by atoms with Crippen LogP contribution in [0.3, 0.4) is 0 Å². The quantitative estimate of drug-likeness (QED) is 0.710. The molecule has 4 nitrogen and oxygen atoms in total. The summed E-state index contributed by atoms with van der Waals surface area (Å²) in [6.07, 6.45) is 5.36. The number of hydrogen-bond acceptors (Lipinski definition) is 2. The Morgan fingerprint density at radius 2 is 1.81 bits per heavy atom. The Kier molecular flexibility index (Phi) is 2.54. The molecule has 0 bridgehead atoms. The van der Waals surface area contributed by atoms with Crippen molar-refractivity contribution in [2.24, 2.45) is 4.99 Å². The van der Waals surface area contributed by atoms with E-state index in [4.69, 9.17) is 0 Å². The second-order valence-corrected chi connectivity index (χ2v) is 4.88. The molecule has 2 heterocycles. The topological polar surface area (TPSA) is 47.2 Å². The summed E-state index contributed by atoms with van der Waals surface area (Å²) in [6.45, 7) is 0. The van der Waals surface area contributed by atoms with E-state index in [1.165, 1.54) is 0 Å². The van der Waals surface area contributed by atoms with Crippen molar-refractivity contribution in [3.63, 3.8) is 0 Å². The molecule has 0 radical (unpaired) electrons. The number of rotatable bonds is 2. The zero-order valence-electron chi connectivity index (χ0n) is 11.1. The Labute approximate surface area is 120 Å². The van der Waals surface area contributed by atoms with E-state index in [0.717, 1.165) is 27.4 Å². The summed E-state index contributed by atoms with van der Waals surface area (Å²) < 4.78 is 1.84. The first-order valence-electron chi connectivity index (χ1n) is 6.64. The molecule has 0 saturated heterocycles. The zero-order valence-corrected chi connectivity index (χ0v) is 11.1. The van der Waals surface area contributed by atoms with Crippen LogP contribution >= 0.6 is 0 Å². The van der Waals surface area contributed by atoms with E-state index < -0.39 is 0 Å². The van der Waals surface area contributed by atoms with Gasteiger partial charge in [-0.2, -0.15) is 5.10 Å². The molecule has 4 rings (SSSR count). The number of fused-ring (bicyclic) bond motifs is 1. The van der Waals surface area contributed by atoms with Crippen LogP contribution in [-0.2, 0) is 4.79 Å². The van der Waals surface area contributed by atoms with Crippen LogP contribution in [0.5, 0.6) is 0 Å². The van der Waals surface area contributed by atoms with Gasteiger partial charge in [-0.15, -0.1) is 0 Å². The molecule has 0 saturated carbocycles. The smallest absolute Gasteiger partial charge is 0.267 e. The van der Waals surface area contributed by atoms with E-state index >= 15 is 0 Å². The molecule has 21 heavy (non-hydrogen) atoms. The van der Waals surface area contributed by atoms with Crippen LogP contribution < -0.4 is 10.6 Å². The van der Waals surface area contributed by atoms with Crippen molar-refractivity contribution >= 4 is 12.0 Å². The Hall–Kier alpha value is -3.01. The summed E-state index contributed by atoms with van der Waals surface area (Å²) in [5.74, 6) is -0.192. The third-order valence-corrected chi connectivity index (χ3v) is 3.47. The fourth-order valence-electron chi connectivity index (χ4n) is 2.43. The van der Waals surface area contributed by atoms with E-state index in [-0.39, 0.29) is 5.91 Å². The largest absolute Gasteiger partial charge is 0.270 e. The zero-order chi connectivity index (χ0) is 14.2. The Balaban J connectivity index is 1.78. The predicted octanol–water partition coefficient (Wildman–Crippen LogP) is 1.48. The summed E-state index contributed by atoms with van der Waals surface area (Å²) in [7, 11) is 0. The molecule has 0 N–H and O–H groups in total. The third-order valence-electron chi connectivity index (χ3n) is 3.47. The lowest BCUT2D eigenvalue weighted by molar-refractivity contribution is -0.112. The lowest BCUT2D eigenvalue weighted by Crippen LogP contribution is -2.20. The van der Waals surface area contributed by atoms with Crippen molar-refractivity contribution in [1.82, 2.24) is 9.78 Å². The van der Waals surface area contributed by atoms with E-state index in [2.05, 4.69) is 10.1 Å². The highest BCUT2D eigenvalue weighted by Crippen LogP contribution is 2.18. The Bertz CT molecular complexity index is 955. The molecule has 2 aromatic carbocycles. The summed E-state index contributed by atoms with van der Waals surface area (Å²) >= 11 is 0. The van der Waals surface area contributed by atoms with Crippen LogP contribution in [0.1, 0.15) is 0 Å². The van der Waals surface area contributed by atoms with Gasteiger partial charge in [-0.3, -0.25) is 4.79 Å². The SMILES string of the molecule is O=C1C=c2cc(-c3cnn(-c4ccccc4)c3)ccc2=N1. The minimum atomic E-state index is -0.192. The van der Waals surface area contributed by atoms with Gasteiger partial charge in [0, 0.05) is 23.1 Å². The molecule has 100 valence electrons. The maximum Gasteiger partial charge on any atom is 0.270 e. The molecule has 0 fully saturated rings. The van der Waals surface area contributed by atoms with Gasteiger partial charge in [0.2, 0.25) is 0 Å². The fourth-order valence-corrected chi connectivity index (χ4v) is 2.43. The van der Waals surface area contributed by atoms with Crippen LogP contribution in [0.4, 0.5) is 0 Å². The van der Waals surface area contributed by atoms with Crippen molar-refractivity contribution in [2.45, 2.75) is 0 Å². The molecule has 0 aliphatic carbocycles. The standard InChI is InChI=1S/C17H11N3O/c21-17-9-13-8-12(6-7-16(13)19-17)14-10-18-20(11-14)15-4-2-1-3-5-15/h1-11H. The van der Waals surface area contributed by atoms with Gasteiger partial charge in [0.05, 0.1) is 17.2 Å². The monoisotopic (exact) mass is 273 g/mol. The van der Waals surface area contributed by atoms with Gasteiger partial charge in [-0.05, 0) is 29.8 Å². The number of para-hydroxylation sites is 1. The number of carbonyl (C=O) groups is 1. The number of carbonyl (C=O) groups excluding carboxylic acids is 1. The van der Waals surface area contributed by atoms with Crippen LogP contribution in [-0.4, -0.2) is 15.7 Å². The lowest BCUT2D eigenvalue weighted by Gasteiger charge is -1.99. The lowest BCUT2D eigenvalue weighted by atomic mass is 10.1. The van der Waals surface area contributed by atoms with Gasteiger partial charge in [0.15, 0.2) is 0 Å². The van der Waals surface area contributed by atoms with Crippen LogP contribution in [0, 0.1) is 0 Å². The summed E-state index contributed by atoms with van der Waals surface area (Å²) in [4.78, 5) is 15.2. The fraction of sp³-hybridized carbons (Fsp3) is 0. The highest BCUT2D eigenvalue weighted by Gasteiger charge is 2.07. The third kappa shape index (κ3) is 2.07. The molecular weight excluding hydrogens is 262 g/mol. The summed E-state index contributed by atoms with van der Waals surface area (Å²) in [5.41, 5.74) is 3.05. The van der Waals surface area contributed by atoms with Crippen molar-refractivity contribution < 1.29 is 4.79 Å². The average Bonchev–Trinajstić information content (AvgIpc) is 3.12. The second kappa shape index (κ2) is 4.52. The van der Waals surface area contributed by atoms with E-state index in [0.29, 0.717) is 0 Å². The number of aromatic nitrogens is 2. The van der Waals surface area contributed by atoms with Crippen LogP contribution in [0.2, 0.25) is 0 Å². The number of benzene rings is 2. The normalized spacial score (nSPS) is 12.7. The first kappa shape index (κ1) is 11.8. The predicted molar refractivity (Wildman–Crippen MR) is 79.3 cm³/mol. The number of nitrogens with zero attached hydrogens (tertiary/aromatic N) is 3. The Morgan fingerprint density at radius 1 is 0.952 bits per heavy atom. The highest BCUT2D eigenvalue weighted by molar-refractivity contribution is 6.06. The van der Waals surface area contributed by atoms with Gasteiger partial charge >= 0.3 is 0 Å². The van der Waals surface area contributed by atoms with E-state index in [1.54, 1.807) is 6.08 Å². The number of hydrogen-bond donors (Lipinski definition) is 0. The number of amides is 1. The van der Waals surface area contributed by atoms with Gasteiger partial charge in [-0.25, -0.2) is 9.67 Å². The first-order valence-corrected chi connectivity index (χ1v) is 6.64. The van der Waals surface area contributed by atoms with Gasteiger partial charge in [0.1, 0.15) is 0 Å². The molecule has 0 spiro atoms. The average molecular weight is 273 g/mol. The van der Waals surface area contributed by atoms with Gasteiger partial charge in [-0.1, -0.05) is 24.3 Å². The first-order chi connectivity index (χ1) is 10.3. The van der Waals surface area contributed by atoms with E-state index in [1.807, 2.05) is 65.6 Å². The maximum atomic E-state index is 11.3. The van der Waals surface area contributed by atoms with Crippen molar-refractivity contribution in [3.8, 4) is 16.8 Å². The summed E-state index contributed by atoms with van der Waals surface area (Å²) in [5, 5.41) is 5.99. The maximum absolute atomic E-state index is 11.3. The minimum Gasteiger partial charge on any atom is -0.267 e. The summed E-state index contributed by atoms with van der Waals surface area (Å²) in [6, 6.07) is 15.7. The molecular formula is C17H11N3O. The molecule has 1 aliphatic rings. The minimum absolute atomic E-state index is 0.192. The molecule has 0 atom stereocenters. The van der Waals surface area contributed by atoms with Gasteiger partial charge < -0.3 is 0 Å². The van der Waals surface area contributed by atoms with Crippen molar-refractivity contribution in [2.75, 3.05) is 0 Å². The van der Waals surface area contributed by atoms with Crippen molar-refractivity contribution in [3.05, 3.63) is 71.5 Å². The Morgan fingerprint density at radius 3 is 2.67 bits per heavy atom. The molecule has 1 aromatic heterocycles. The van der Waals surface area contributed by atoms with E-state index in [9.17, 15) is 4.79 Å². The van der Waals surface area contributed by atoms with Crippen molar-refractivity contribution in [1.29, 1.82) is 0 Å². The van der Waals surface area contributed by atoms with Gasteiger partial charge in [0.25, 0.3) is 5.91 Å². The van der Waals surface area contributed by atoms with Crippen LogP contribution in [0.15, 0.2) is 65.9 Å². The second-order valence-electron chi connectivity index (χ2n) is 4.88. The molecule has 0 unspecified atom stereocenters.